The van der Waals surface area contributed by atoms with E-state index in [4.69, 9.17) is 0 Å². The van der Waals surface area contributed by atoms with E-state index in [9.17, 15) is 9.90 Å². The van der Waals surface area contributed by atoms with Crippen LogP contribution in [0.5, 0.6) is 0 Å². The minimum absolute atomic E-state index is 0. The molecule has 9 heavy (non-hydrogen) atoms. The summed E-state index contributed by atoms with van der Waals surface area (Å²) in [7, 11) is 0. The molecule has 0 fully saturated rings. The molecule has 0 aliphatic rings. The molecule has 0 aliphatic carbocycles. The first kappa shape index (κ1) is 12.8. The second-order valence-electron chi connectivity index (χ2n) is 3.11. The number of carbonyl (C=O) groups excluding carboxylic acids is 1. The van der Waals surface area contributed by atoms with Crippen molar-refractivity contribution < 1.29 is 61.3 Å². The largest absolute Gasteiger partial charge is 1.00 e. The average molecular weight is 154 g/mol. The fourth-order valence-corrected chi connectivity index (χ4v) is 0.433. The first-order chi connectivity index (χ1) is 3.42. The monoisotopic (exact) mass is 154 g/mol. The minimum atomic E-state index is -0.975. The predicted octanol–water partition coefficient (Wildman–Crippen LogP) is -2.82. The standard InChI is InChI=1S/C6H12O2.K/c1-6(2,3)4-5(7)8;/h4H2,1-3H3,(H,7,8);/q;+1/p-1. The van der Waals surface area contributed by atoms with E-state index >= 15 is 0 Å². The first-order valence-corrected chi connectivity index (χ1v) is 2.62. The zero-order chi connectivity index (χ0) is 6.78. The van der Waals surface area contributed by atoms with E-state index in [1.165, 1.54) is 0 Å². The third-order valence-corrected chi connectivity index (χ3v) is 0.675. The van der Waals surface area contributed by atoms with Crippen molar-refractivity contribution in [2.75, 3.05) is 0 Å². The van der Waals surface area contributed by atoms with E-state index < -0.39 is 5.97 Å². The topological polar surface area (TPSA) is 40.1 Å². The van der Waals surface area contributed by atoms with Gasteiger partial charge in [0.05, 0.1) is 0 Å². The van der Waals surface area contributed by atoms with Gasteiger partial charge in [-0.05, 0) is 11.8 Å². The van der Waals surface area contributed by atoms with E-state index in [0.29, 0.717) is 0 Å². The number of hydrogen-bond donors (Lipinski definition) is 0. The summed E-state index contributed by atoms with van der Waals surface area (Å²) in [5.74, 6) is -0.975. The van der Waals surface area contributed by atoms with Gasteiger partial charge in [0, 0.05) is 5.97 Å². The molecule has 0 saturated carbocycles. The average Bonchev–Trinajstić information content (AvgIpc) is 1.21. The van der Waals surface area contributed by atoms with Crippen molar-refractivity contribution in [1.29, 1.82) is 0 Å². The Balaban J connectivity index is 0. The summed E-state index contributed by atoms with van der Waals surface area (Å²) in [6.07, 6.45) is 0.132. The second-order valence-corrected chi connectivity index (χ2v) is 3.11. The van der Waals surface area contributed by atoms with Gasteiger partial charge in [-0.25, -0.2) is 0 Å². The predicted molar refractivity (Wildman–Crippen MR) is 29.1 cm³/mol. The molecular weight excluding hydrogens is 143 g/mol. The fourth-order valence-electron chi connectivity index (χ4n) is 0.433. The van der Waals surface area contributed by atoms with Crippen LogP contribution in [0.15, 0.2) is 0 Å². The van der Waals surface area contributed by atoms with E-state index in [1.54, 1.807) is 0 Å². The summed E-state index contributed by atoms with van der Waals surface area (Å²) in [6, 6.07) is 0. The van der Waals surface area contributed by atoms with Crippen molar-refractivity contribution >= 4 is 5.97 Å². The Bertz CT molecular complexity index is 93.7. The molecule has 0 N–H and O–H groups in total. The number of carbonyl (C=O) groups is 1. The maximum atomic E-state index is 9.90. The number of carboxylic acids is 1. The molecule has 0 aliphatic heterocycles. The van der Waals surface area contributed by atoms with Crippen LogP contribution in [0, 0.1) is 5.41 Å². The van der Waals surface area contributed by atoms with Gasteiger partial charge in [-0.2, -0.15) is 0 Å². The van der Waals surface area contributed by atoms with Gasteiger partial charge in [-0.15, -0.1) is 0 Å². The Hall–Kier alpha value is 1.11. The molecule has 48 valence electrons. The maximum Gasteiger partial charge on any atom is 1.00 e. The van der Waals surface area contributed by atoms with Crippen LogP contribution in [0.2, 0.25) is 0 Å². The van der Waals surface area contributed by atoms with Gasteiger partial charge in [0.25, 0.3) is 0 Å². The zero-order valence-electron chi connectivity index (χ0n) is 6.52. The summed E-state index contributed by atoms with van der Waals surface area (Å²) in [4.78, 5) is 9.90. The third kappa shape index (κ3) is 12.3. The Kier molecular flexibility index (Phi) is 6.87. The summed E-state index contributed by atoms with van der Waals surface area (Å²) in [5, 5.41) is 9.90. The van der Waals surface area contributed by atoms with Crippen molar-refractivity contribution in [1.82, 2.24) is 0 Å². The van der Waals surface area contributed by atoms with Crippen LogP contribution in [0.3, 0.4) is 0 Å². The molecule has 0 unspecified atom stereocenters. The molecular formula is C6H11KO2. The molecule has 0 spiro atoms. The van der Waals surface area contributed by atoms with Crippen LogP contribution in [-0.2, 0) is 4.79 Å². The molecule has 0 saturated heterocycles. The normalized spacial score (nSPS) is 10.1. The number of aliphatic carboxylic acids is 1. The van der Waals surface area contributed by atoms with Gasteiger partial charge in [-0.3, -0.25) is 0 Å². The second kappa shape index (κ2) is 4.85. The molecule has 2 nitrogen and oxygen atoms in total. The van der Waals surface area contributed by atoms with E-state index in [1.807, 2.05) is 20.8 Å². The van der Waals surface area contributed by atoms with Gasteiger partial charge in [0.15, 0.2) is 0 Å². The molecule has 0 atom stereocenters. The summed E-state index contributed by atoms with van der Waals surface area (Å²) < 4.78 is 0. The van der Waals surface area contributed by atoms with E-state index in [0.717, 1.165) is 0 Å². The number of rotatable bonds is 1. The number of hydrogen-bond acceptors (Lipinski definition) is 2. The van der Waals surface area contributed by atoms with Crippen LogP contribution in [0.1, 0.15) is 27.2 Å². The first-order valence-electron chi connectivity index (χ1n) is 2.62. The Morgan fingerprint density at radius 1 is 1.44 bits per heavy atom. The number of carboxylic acid groups (broad SMARTS) is 1. The van der Waals surface area contributed by atoms with Crippen LogP contribution < -0.4 is 56.5 Å². The van der Waals surface area contributed by atoms with Gasteiger partial charge in [0.1, 0.15) is 0 Å². The molecule has 0 bridgehead atoms. The van der Waals surface area contributed by atoms with Crippen LogP contribution in [0.25, 0.3) is 0 Å². The molecule has 3 heteroatoms. The van der Waals surface area contributed by atoms with Crippen LogP contribution in [0.4, 0.5) is 0 Å². The quantitative estimate of drug-likeness (QED) is 0.382. The van der Waals surface area contributed by atoms with Crippen molar-refractivity contribution in [2.45, 2.75) is 27.2 Å². The van der Waals surface area contributed by atoms with Crippen molar-refractivity contribution in [3.8, 4) is 0 Å². The third-order valence-electron chi connectivity index (χ3n) is 0.675. The zero-order valence-corrected chi connectivity index (χ0v) is 9.65. The molecule has 0 heterocycles. The molecule has 0 amide bonds. The SMILES string of the molecule is CC(C)(C)CC(=O)[O-].[K+]. The van der Waals surface area contributed by atoms with Gasteiger partial charge >= 0.3 is 51.4 Å². The van der Waals surface area contributed by atoms with Crippen molar-refractivity contribution in [3.63, 3.8) is 0 Å². The Morgan fingerprint density at radius 3 is 1.78 bits per heavy atom. The maximum absolute atomic E-state index is 9.90. The summed E-state index contributed by atoms with van der Waals surface area (Å²) >= 11 is 0. The molecule has 0 rings (SSSR count). The van der Waals surface area contributed by atoms with Crippen molar-refractivity contribution in [2.24, 2.45) is 5.41 Å². The molecule has 0 radical (unpaired) electrons. The Morgan fingerprint density at radius 2 is 1.78 bits per heavy atom. The van der Waals surface area contributed by atoms with Gasteiger partial charge < -0.3 is 9.90 Å². The summed E-state index contributed by atoms with van der Waals surface area (Å²) in [5.41, 5.74) is -0.140. The fraction of sp³-hybridized carbons (Fsp3) is 0.833. The summed E-state index contributed by atoms with van der Waals surface area (Å²) in [6.45, 7) is 5.59. The molecule has 0 aromatic carbocycles. The van der Waals surface area contributed by atoms with Crippen LogP contribution >= 0.6 is 0 Å². The van der Waals surface area contributed by atoms with E-state index in [-0.39, 0.29) is 63.2 Å². The van der Waals surface area contributed by atoms with Crippen LogP contribution in [-0.4, -0.2) is 5.97 Å². The minimum Gasteiger partial charge on any atom is -0.550 e. The van der Waals surface area contributed by atoms with Crippen molar-refractivity contribution in [3.05, 3.63) is 0 Å². The van der Waals surface area contributed by atoms with Gasteiger partial charge in [0.2, 0.25) is 0 Å². The van der Waals surface area contributed by atoms with Gasteiger partial charge in [-0.1, -0.05) is 20.8 Å². The molecule has 0 aromatic heterocycles. The molecule has 0 aromatic rings. The smallest absolute Gasteiger partial charge is 0.550 e. The van der Waals surface area contributed by atoms with E-state index in [2.05, 4.69) is 0 Å². The Labute approximate surface area is 98.4 Å².